The van der Waals surface area contributed by atoms with E-state index in [0.29, 0.717) is 28.6 Å². The van der Waals surface area contributed by atoms with E-state index >= 15 is 0 Å². The molecule has 0 radical (unpaired) electrons. The van der Waals surface area contributed by atoms with Gasteiger partial charge in [0.15, 0.2) is 5.82 Å². The predicted octanol–water partition coefficient (Wildman–Crippen LogP) is 2.96. The van der Waals surface area contributed by atoms with Gasteiger partial charge in [0.05, 0.1) is 28.5 Å². The molecule has 0 amide bonds. The van der Waals surface area contributed by atoms with Gasteiger partial charge >= 0.3 is 0 Å². The summed E-state index contributed by atoms with van der Waals surface area (Å²) in [4.78, 5) is 8.92. The number of aliphatic hydroxyl groups is 3. The normalized spacial score (nSPS) is 23.1. The number of pyridine rings is 1. The summed E-state index contributed by atoms with van der Waals surface area (Å²) in [7, 11) is 0. The second-order valence-corrected chi connectivity index (χ2v) is 10.0. The van der Waals surface area contributed by atoms with Gasteiger partial charge in [0.25, 0.3) is 0 Å². The van der Waals surface area contributed by atoms with E-state index in [1.165, 1.54) is 23.0 Å². The Morgan fingerprint density at radius 2 is 1.95 bits per heavy atom. The van der Waals surface area contributed by atoms with Crippen molar-refractivity contribution in [3.05, 3.63) is 83.4 Å². The van der Waals surface area contributed by atoms with E-state index in [1.54, 1.807) is 23.9 Å². The van der Waals surface area contributed by atoms with Crippen molar-refractivity contribution in [1.29, 1.82) is 0 Å². The Balaban J connectivity index is 1.39. The van der Waals surface area contributed by atoms with Gasteiger partial charge in [0, 0.05) is 23.8 Å². The van der Waals surface area contributed by atoms with Crippen molar-refractivity contribution in [1.82, 2.24) is 34.7 Å². The van der Waals surface area contributed by atoms with Crippen molar-refractivity contribution in [2.75, 3.05) is 6.61 Å². The minimum atomic E-state index is -1.34. The molecule has 5 atom stereocenters. The summed E-state index contributed by atoms with van der Waals surface area (Å²) >= 11 is 5.81. The number of aryl methyl sites for hydroxylation is 1. The first-order chi connectivity index (χ1) is 19.3. The molecule has 0 spiro atoms. The minimum Gasteiger partial charge on any atom is -0.396 e. The fraction of sp³-hybridized carbons (Fsp3) is 0.296. The third kappa shape index (κ3) is 4.73. The Hall–Kier alpha value is -3.81. The molecule has 1 aliphatic rings. The predicted molar refractivity (Wildman–Crippen MR) is 142 cm³/mol. The van der Waals surface area contributed by atoms with Crippen LogP contribution in [0.2, 0.25) is 5.02 Å². The Morgan fingerprint density at radius 3 is 2.75 bits per heavy atom. The zero-order chi connectivity index (χ0) is 28.0. The molecule has 0 saturated carbocycles. The summed E-state index contributed by atoms with van der Waals surface area (Å²) in [5.41, 5.74) is 2.24. The summed E-state index contributed by atoms with van der Waals surface area (Å²) in [6.07, 6.45) is -1.19. The zero-order valence-electron chi connectivity index (χ0n) is 21.2. The first-order valence-electron chi connectivity index (χ1n) is 12.6. The van der Waals surface area contributed by atoms with E-state index in [4.69, 9.17) is 16.3 Å². The third-order valence-corrected chi connectivity index (χ3v) is 7.29. The quantitative estimate of drug-likeness (QED) is 0.283. The SMILES string of the molecule is Cc1nc([C@@H]2O[C@H](CCO)[C@H](O)[C@H](n3cc(-c4ccc(Cl)c(F)c4)nn3)[C@H]2O)n(-c2ccc3ncccc3c2)n1. The molecule has 1 fully saturated rings. The number of ether oxygens (including phenoxy) is 1. The molecule has 3 N–H and O–H groups in total. The highest BCUT2D eigenvalue weighted by Gasteiger charge is 2.48. The molecule has 1 saturated heterocycles. The van der Waals surface area contributed by atoms with Gasteiger partial charge in [0.2, 0.25) is 0 Å². The van der Waals surface area contributed by atoms with E-state index in [1.807, 2.05) is 30.3 Å². The van der Waals surface area contributed by atoms with Crippen molar-refractivity contribution >= 4 is 22.5 Å². The average Bonchev–Trinajstić information content (AvgIpc) is 3.59. The number of fused-ring (bicyclic) bond motifs is 1. The molecule has 2 aromatic carbocycles. The lowest BCUT2D eigenvalue weighted by Crippen LogP contribution is -2.52. The lowest BCUT2D eigenvalue weighted by molar-refractivity contribution is -0.205. The van der Waals surface area contributed by atoms with Crippen molar-refractivity contribution in [3.8, 4) is 16.9 Å². The van der Waals surface area contributed by atoms with Gasteiger partial charge in [-0.1, -0.05) is 28.9 Å². The molecule has 0 aliphatic carbocycles. The molecule has 40 heavy (non-hydrogen) atoms. The highest BCUT2D eigenvalue weighted by atomic mass is 35.5. The van der Waals surface area contributed by atoms with Crippen LogP contribution in [0.5, 0.6) is 0 Å². The average molecular weight is 566 g/mol. The number of aliphatic hydroxyl groups excluding tert-OH is 3. The number of halogens is 2. The molecule has 11 nitrogen and oxygen atoms in total. The lowest BCUT2D eigenvalue weighted by Gasteiger charge is -2.42. The molecule has 1 aliphatic heterocycles. The van der Waals surface area contributed by atoms with Crippen LogP contribution in [-0.4, -0.2) is 75.0 Å². The van der Waals surface area contributed by atoms with Crippen LogP contribution in [0, 0.1) is 12.7 Å². The molecule has 4 heterocycles. The van der Waals surface area contributed by atoms with Crippen molar-refractivity contribution in [2.24, 2.45) is 0 Å². The minimum absolute atomic E-state index is 0.0248. The van der Waals surface area contributed by atoms with E-state index in [-0.39, 0.29) is 18.1 Å². The second kappa shape index (κ2) is 10.6. The van der Waals surface area contributed by atoms with Crippen molar-refractivity contribution in [2.45, 2.75) is 43.8 Å². The van der Waals surface area contributed by atoms with Crippen LogP contribution in [0.15, 0.2) is 60.9 Å². The van der Waals surface area contributed by atoms with Crippen LogP contribution in [0.25, 0.3) is 27.8 Å². The summed E-state index contributed by atoms with van der Waals surface area (Å²) in [5.74, 6) is 0.154. The molecule has 6 rings (SSSR count). The topological polar surface area (TPSA) is 144 Å². The van der Waals surface area contributed by atoms with E-state index < -0.39 is 36.3 Å². The number of aromatic nitrogens is 7. The summed E-state index contributed by atoms with van der Waals surface area (Å²) < 4.78 is 23.1. The zero-order valence-corrected chi connectivity index (χ0v) is 22.0. The maximum absolute atomic E-state index is 14.1. The molecular weight excluding hydrogens is 541 g/mol. The lowest BCUT2D eigenvalue weighted by atomic mass is 9.90. The van der Waals surface area contributed by atoms with Gasteiger partial charge in [-0.15, -0.1) is 5.10 Å². The molecule has 0 bridgehead atoms. The number of benzene rings is 2. The van der Waals surface area contributed by atoms with E-state index in [9.17, 15) is 19.7 Å². The van der Waals surface area contributed by atoms with Gasteiger partial charge in [-0.05, 0) is 49.7 Å². The van der Waals surface area contributed by atoms with Crippen LogP contribution >= 0.6 is 11.6 Å². The fourth-order valence-corrected chi connectivity index (χ4v) is 5.17. The molecule has 0 unspecified atom stereocenters. The standard InChI is InChI=1S/C27H25ClFN7O4/c1-14-31-27(36(33-14)17-5-7-20-15(11-17)3-2-9-30-20)26-25(39)23(24(38)22(40-26)8-10-37)35-13-21(32-34-35)16-4-6-18(28)19(29)12-16/h2-7,9,11-13,22-26,37-39H,8,10H2,1H3/t22-,23+,24+,25-,26-/m1/s1. The van der Waals surface area contributed by atoms with Gasteiger partial charge < -0.3 is 20.1 Å². The molecule has 3 aromatic heterocycles. The largest absolute Gasteiger partial charge is 0.396 e. The maximum atomic E-state index is 14.1. The van der Waals surface area contributed by atoms with Crippen molar-refractivity contribution in [3.63, 3.8) is 0 Å². The Bertz CT molecular complexity index is 1680. The molecular formula is C27H25ClFN7O4. The molecule has 206 valence electrons. The van der Waals surface area contributed by atoms with Gasteiger partial charge in [-0.2, -0.15) is 5.10 Å². The highest BCUT2D eigenvalue weighted by Crippen LogP contribution is 2.39. The van der Waals surface area contributed by atoms with Crippen LogP contribution in [0.3, 0.4) is 0 Å². The van der Waals surface area contributed by atoms with Crippen LogP contribution in [0.1, 0.15) is 30.2 Å². The van der Waals surface area contributed by atoms with Crippen LogP contribution in [0.4, 0.5) is 4.39 Å². The van der Waals surface area contributed by atoms with Gasteiger partial charge in [0.1, 0.15) is 41.7 Å². The van der Waals surface area contributed by atoms with Crippen molar-refractivity contribution < 1.29 is 24.4 Å². The highest BCUT2D eigenvalue weighted by molar-refractivity contribution is 6.30. The smallest absolute Gasteiger partial charge is 0.164 e. The summed E-state index contributed by atoms with van der Waals surface area (Å²) in [6.45, 7) is 1.47. The Labute approximate surface area is 232 Å². The number of rotatable bonds is 6. The monoisotopic (exact) mass is 565 g/mol. The number of hydrogen-bond donors (Lipinski definition) is 3. The first kappa shape index (κ1) is 26.4. The van der Waals surface area contributed by atoms with Crippen LogP contribution in [-0.2, 0) is 4.74 Å². The Kier molecular flexibility index (Phi) is 7.02. The second-order valence-electron chi connectivity index (χ2n) is 9.60. The third-order valence-electron chi connectivity index (χ3n) is 6.98. The molecule has 13 heteroatoms. The van der Waals surface area contributed by atoms with Gasteiger partial charge in [-0.25, -0.2) is 18.7 Å². The fourth-order valence-electron chi connectivity index (χ4n) is 5.05. The van der Waals surface area contributed by atoms with E-state index in [0.717, 1.165) is 10.9 Å². The molecule has 5 aromatic rings. The van der Waals surface area contributed by atoms with Gasteiger partial charge in [-0.3, -0.25) is 4.98 Å². The summed E-state index contributed by atoms with van der Waals surface area (Å²) in [5, 5.41) is 46.2. The van der Waals surface area contributed by atoms with Crippen LogP contribution < -0.4 is 0 Å². The van der Waals surface area contributed by atoms with E-state index in [2.05, 4.69) is 25.4 Å². The Morgan fingerprint density at radius 1 is 1.10 bits per heavy atom. The summed E-state index contributed by atoms with van der Waals surface area (Å²) in [6, 6.07) is 12.6. The number of nitrogens with zero attached hydrogens (tertiary/aromatic N) is 7. The first-order valence-corrected chi connectivity index (χ1v) is 13.0. The maximum Gasteiger partial charge on any atom is 0.164 e. The number of hydrogen-bond acceptors (Lipinski definition) is 9.